The van der Waals surface area contributed by atoms with Crippen molar-refractivity contribution in [1.29, 1.82) is 5.26 Å². The number of pyridine rings is 1. The van der Waals surface area contributed by atoms with Gasteiger partial charge in [-0.2, -0.15) is 5.26 Å². The highest BCUT2D eigenvalue weighted by Gasteiger charge is 2.40. The fourth-order valence-electron chi connectivity index (χ4n) is 3.00. The highest BCUT2D eigenvalue weighted by Crippen LogP contribution is 2.36. The van der Waals surface area contributed by atoms with Crippen molar-refractivity contribution in [3.63, 3.8) is 0 Å². The fraction of sp³-hybridized carbons (Fsp3) is 0.588. The molecule has 2 rings (SSSR count). The molecule has 0 radical (unpaired) electrons. The van der Waals surface area contributed by atoms with E-state index in [0.29, 0.717) is 19.4 Å². The Bertz CT molecular complexity index is 499. The van der Waals surface area contributed by atoms with Gasteiger partial charge in [0, 0.05) is 31.9 Å². The van der Waals surface area contributed by atoms with E-state index in [4.69, 9.17) is 0 Å². The Balaban J connectivity index is 1.98. The molecule has 0 N–H and O–H groups in total. The number of likely N-dealkylation sites (N-methyl/N-ethyl adjacent to an activating group) is 1. The fourth-order valence-corrected chi connectivity index (χ4v) is 3.00. The third-order valence-corrected chi connectivity index (χ3v) is 4.36. The summed E-state index contributed by atoms with van der Waals surface area (Å²) in [6.07, 6.45) is 8.12. The molecule has 1 fully saturated rings. The summed E-state index contributed by atoms with van der Waals surface area (Å²) in [5.74, 6) is -0.0113. The van der Waals surface area contributed by atoms with Crippen molar-refractivity contribution in [2.45, 2.75) is 44.9 Å². The average molecular weight is 285 g/mol. The average Bonchev–Trinajstić information content (AvgIpc) is 2.79. The van der Waals surface area contributed by atoms with Crippen molar-refractivity contribution >= 4 is 5.91 Å². The summed E-state index contributed by atoms with van der Waals surface area (Å²) in [5.41, 5.74) is 0.180. The Kier molecular flexibility index (Phi) is 5.32. The van der Waals surface area contributed by atoms with Gasteiger partial charge in [0.15, 0.2) is 0 Å². The van der Waals surface area contributed by atoms with Gasteiger partial charge >= 0.3 is 0 Å². The summed E-state index contributed by atoms with van der Waals surface area (Å²) < 4.78 is 0. The van der Waals surface area contributed by atoms with E-state index in [1.165, 1.54) is 0 Å². The third-order valence-electron chi connectivity index (χ3n) is 4.36. The van der Waals surface area contributed by atoms with Gasteiger partial charge in [-0.3, -0.25) is 9.78 Å². The van der Waals surface area contributed by atoms with Gasteiger partial charge in [-0.25, -0.2) is 0 Å². The molecule has 1 amide bonds. The summed E-state index contributed by atoms with van der Waals surface area (Å²) in [5, 5.41) is 9.56. The molecule has 1 aromatic rings. The lowest BCUT2D eigenvalue weighted by Crippen LogP contribution is -2.42. The third kappa shape index (κ3) is 3.81. The van der Waals surface area contributed by atoms with Crippen molar-refractivity contribution in [3.8, 4) is 6.07 Å². The minimum Gasteiger partial charge on any atom is -0.344 e. The van der Waals surface area contributed by atoms with E-state index in [2.05, 4.69) is 11.1 Å². The van der Waals surface area contributed by atoms with Crippen LogP contribution in [0.25, 0.3) is 0 Å². The zero-order valence-electron chi connectivity index (χ0n) is 12.7. The number of nitrogens with zero attached hydrogens (tertiary/aromatic N) is 3. The Hall–Kier alpha value is -1.89. The van der Waals surface area contributed by atoms with Crippen LogP contribution < -0.4 is 0 Å². The molecular weight excluding hydrogens is 262 g/mol. The van der Waals surface area contributed by atoms with Crippen LogP contribution >= 0.6 is 0 Å². The predicted molar refractivity (Wildman–Crippen MR) is 81.3 cm³/mol. The van der Waals surface area contributed by atoms with Crippen molar-refractivity contribution in [2.75, 3.05) is 13.6 Å². The van der Waals surface area contributed by atoms with E-state index >= 15 is 0 Å². The van der Waals surface area contributed by atoms with Crippen molar-refractivity contribution in [3.05, 3.63) is 30.1 Å². The maximum atomic E-state index is 12.7. The first-order valence-electron chi connectivity index (χ1n) is 7.75. The number of hydrogen-bond acceptors (Lipinski definition) is 3. The molecule has 1 saturated carbocycles. The monoisotopic (exact) mass is 285 g/mol. The second kappa shape index (κ2) is 7.21. The van der Waals surface area contributed by atoms with Crippen LogP contribution in [0.15, 0.2) is 24.4 Å². The van der Waals surface area contributed by atoms with Gasteiger partial charge in [0.2, 0.25) is 5.91 Å². The van der Waals surface area contributed by atoms with E-state index in [9.17, 15) is 10.1 Å². The van der Waals surface area contributed by atoms with Crippen LogP contribution in [0.3, 0.4) is 0 Å². The highest BCUT2D eigenvalue weighted by molar-refractivity contribution is 5.85. The first-order valence-corrected chi connectivity index (χ1v) is 7.75. The minimum atomic E-state index is -0.796. The Labute approximate surface area is 126 Å². The number of rotatable bonds is 4. The van der Waals surface area contributed by atoms with Crippen LogP contribution in [0.2, 0.25) is 0 Å². The molecular formula is C17H23N3O. The van der Waals surface area contributed by atoms with E-state index in [0.717, 1.165) is 37.8 Å². The molecule has 1 aliphatic rings. The lowest BCUT2D eigenvalue weighted by Gasteiger charge is -2.29. The van der Waals surface area contributed by atoms with Crippen molar-refractivity contribution in [2.24, 2.45) is 5.41 Å². The molecule has 0 unspecified atom stereocenters. The predicted octanol–water partition coefficient (Wildman–Crippen LogP) is 2.95. The second-order valence-electron chi connectivity index (χ2n) is 5.91. The molecule has 0 aliphatic heterocycles. The molecule has 21 heavy (non-hydrogen) atoms. The lowest BCUT2D eigenvalue weighted by atomic mass is 9.80. The smallest absolute Gasteiger partial charge is 0.242 e. The molecule has 1 aromatic heterocycles. The van der Waals surface area contributed by atoms with Gasteiger partial charge in [-0.15, -0.1) is 0 Å². The quantitative estimate of drug-likeness (QED) is 0.799. The summed E-state index contributed by atoms with van der Waals surface area (Å²) in [6.45, 7) is 0.610. The minimum absolute atomic E-state index is 0.0113. The normalized spacial score (nSPS) is 17.5. The molecule has 112 valence electrons. The Morgan fingerprint density at radius 3 is 2.62 bits per heavy atom. The zero-order chi connectivity index (χ0) is 15.1. The van der Waals surface area contributed by atoms with E-state index in [1.807, 2.05) is 18.2 Å². The van der Waals surface area contributed by atoms with Gasteiger partial charge in [0.1, 0.15) is 5.41 Å². The topological polar surface area (TPSA) is 57.0 Å². The van der Waals surface area contributed by atoms with Crippen molar-refractivity contribution < 1.29 is 4.79 Å². The Morgan fingerprint density at radius 1 is 1.33 bits per heavy atom. The largest absolute Gasteiger partial charge is 0.344 e. The molecule has 0 saturated heterocycles. The lowest BCUT2D eigenvalue weighted by molar-refractivity contribution is -0.138. The van der Waals surface area contributed by atoms with Crippen LogP contribution in [0.5, 0.6) is 0 Å². The van der Waals surface area contributed by atoms with Gasteiger partial charge in [-0.1, -0.05) is 31.7 Å². The first kappa shape index (κ1) is 15.5. The van der Waals surface area contributed by atoms with Gasteiger partial charge < -0.3 is 4.90 Å². The standard InChI is InChI=1S/C17H23N3O/c1-20(13-9-15-8-4-7-12-19-15)16(21)17(14-18)10-5-2-3-6-11-17/h4,7-8,12H,2-3,5-6,9-11,13H2,1H3. The zero-order valence-corrected chi connectivity index (χ0v) is 12.7. The van der Waals surface area contributed by atoms with Gasteiger partial charge in [-0.05, 0) is 25.0 Å². The summed E-state index contributed by atoms with van der Waals surface area (Å²) >= 11 is 0. The van der Waals surface area contributed by atoms with Gasteiger partial charge in [0.05, 0.1) is 6.07 Å². The molecule has 0 atom stereocenters. The molecule has 4 nitrogen and oxygen atoms in total. The van der Waals surface area contributed by atoms with Crippen LogP contribution in [0, 0.1) is 16.7 Å². The molecule has 0 bridgehead atoms. The number of carbonyl (C=O) groups is 1. The van der Waals surface area contributed by atoms with E-state index < -0.39 is 5.41 Å². The molecule has 4 heteroatoms. The highest BCUT2D eigenvalue weighted by atomic mass is 16.2. The SMILES string of the molecule is CN(CCc1ccccn1)C(=O)C1(C#N)CCCCCC1. The van der Waals surface area contributed by atoms with Crippen LogP contribution in [0.4, 0.5) is 0 Å². The number of amides is 1. The van der Waals surface area contributed by atoms with Gasteiger partial charge in [0.25, 0.3) is 0 Å². The van der Waals surface area contributed by atoms with Crippen molar-refractivity contribution in [1.82, 2.24) is 9.88 Å². The molecule has 1 aliphatic carbocycles. The number of hydrogen-bond donors (Lipinski definition) is 0. The maximum Gasteiger partial charge on any atom is 0.242 e. The van der Waals surface area contributed by atoms with E-state index in [-0.39, 0.29) is 5.91 Å². The number of carbonyl (C=O) groups excluding carboxylic acids is 1. The number of aromatic nitrogens is 1. The van der Waals surface area contributed by atoms with Crippen LogP contribution in [-0.2, 0) is 11.2 Å². The number of nitriles is 1. The van der Waals surface area contributed by atoms with Crippen LogP contribution in [0.1, 0.15) is 44.2 Å². The van der Waals surface area contributed by atoms with E-state index in [1.54, 1.807) is 18.1 Å². The summed E-state index contributed by atoms with van der Waals surface area (Å²) in [6, 6.07) is 8.13. The maximum absolute atomic E-state index is 12.7. The second-order valence-corrected chi connectivity index (χ2v) is 5.91. The Morgan fingerprint density at radius 2 is 2.05 bits per heavy atom. The van der Waals surface area contributed by atoms with Crippen LogP contribution in [-0.4, -0.2) is 29.4 Å². The summed E-state index contributed by atoms with van der Waals surface area (Å²) in [7, 11) is 1.80. The molecule has 0 aromatic carbocycles. The summed E-state index contributed by atoms with van der Waals surface area (Å²) in [4.78, 5) is 18.7. The molecule has 0 spiro atoms. The molecule has 1 heterocycles. The first-order chi connectivity index (χ1) is 10.2.